The zero-order valence-corrected chi connectivity index (χ0v) is 27.3. The summed E-state index contributed by atoms with van der Waals surface area (Å²) in [6.45, 7) is 7.06. The molecule has 0 aliphatic carbocycles. The quantitative estimate of drug-likeness (QED) is 0.0615. The van der Waals surface area contributed by atoms with E-state index in [9.17, 15) is 0 Å². The third-order valence-corrected chi connectivity index (χ3v) is 8.29. The number of unbranched alkanes of at least 4 members (excludes halogenated alkanes) is 18. The van der Waals surface area contributed by atoms with Crippen LogP contribution in [0, 0.1) is 0 Å². The molecule has 2 aromatic rings. The molecular formula is C36H60IN. The predicted molar refractivity (Wildman–Crippen MR) is 168 cm³/mol. The Kier molecular flexibility index (Phi) is 22.2. The summed E-state index contributed by atoms with van der Waals surface area (Å²) in [7, 11) is 0. The fourth-order valence-electron chi connectivity index (χ4n) is 5.94. The van der Waals surface area contributed by atoms with Gasteiger partial charge in [0, 0.05) is 0 Å². The highest BCUT2D eigenvalue weighted by Gasteiger charge is 2.32. The lowest BCUT2D eigenvalue weighted by Gasteiger charge is -2.38. The van der Waals surface area contributed by atoms with Gasteiger partial charge in [-0.15, -0.1) is 0 Å². The number of hydrogen-bond acceptors (Lipinski definition) is 0. The highest BCUT2D eigenvalue weighted by Crippen LogP contribution is 2.36. The SMILES string of the molecule is CCCCCCCCCCCC[N+](CCCCCCCCCCCC)(c1ccccc1)c1ccccc1.[I-]. The maximum absolute atomic E-state index is 2.37. The third-order valence-electron chi connectivity index (χ3n) is 8.29. The Bertz CT molecular complexity index is 679. The number of para-hydroxylation sites is 2. The maximum atomic E-state index is 2.37. The molecule has 2 heteroatoms. The lowest BCUT2D eigenvalue weighted by molar-refractivity contribution is -0.00000789. The molecule has 1 nitrogen and oxygen atoms in total. The Morgan fingerprint density at radius 3 is 0.921 bits per heavy atom. The Morgan fingerprint density at radius 1 is 0.368 bits per heavy atom. The molecule has 0 unspecified atom stereocenters. The normalized spacial score (nSPS) is 11.4. The van der Waals surface area contributed by atoms with Gasteiger partial charge in [-0.2, -0.15) is 0 Å². The van der Waals surface area contributed by atoms with Gasteiger partial charge in [0.15, 0.2) is 0 Å². The van der Waals surface area contributed by atoms with Gasteiger partial charge in [-0.3, -0.25) is 4.48 Å². The Morgan fingerprint density at radius 2 is 0.632 bits per heavy atom. The number of hydrogen-bond donors (Lipinski definition) is 0. The van der Waals surface area contributed by atoms with E-state index in [0.717, 1.165) is 4.48 Å². The zero-order valence-electron chi connectivity index (χ0n) is 25.2. The number of nitrogens with zero attached hydrogens (tertiary/aromatic N) is 1. The van der Waals surface area contributed by atoms with E-state index in [2.05, 4.69) is 74.5 Å². The van der Waals surface area contributed by atoms with Crippen molar-refractivity contribution in [3.05, 3.63) is 60.7 Å². The lowest BCUT2D eigenvalue weighted by Crippen LogP contribution is -3.00. The van der Waals surface area contributed by atoms with Crippen LogP contribution in [0.3, 0.4) is 0 Å². The van der Waals surface area contributed by atoms with Crippen LogP contribution < -0.4 is 28.5 Å². The fraction of sp³-hybridized carbons (Fsp3) is 0.667. The van der Waals surface area contributed by atoms with E-state index < -0.39 is 0 Å². The summed E-state index contributed by atoms with van der Waals surface area (Å²) in [6, 6.07) is 22.8. The van der Waals surface area contributed by atoms with Crippen molar-refractivity contribution in [2.24, 2.45) is 0 Å². The molecular weight excluding hydrogens is 573 g/mol. The summed E-state index contributed by atoms with van der Waals surface area (Å²) < 4.78 is 1.02. The second kappa shape index (κ2) is 24.0. The molecule has 0 heterocycles. The first-order valence-electron chi connectivity index (χ1n) is 16.3. The average molecular weight is 634 g/mol. The first kappa shape index (κ1) is 35.2. The van der Waals surface area contributed by atoms with Gasteiger partial charge in [0.25, 0.3) is 0 Å². The van der Waals surface area contributed by atoms with Crippen LogP contribution in [0.25, 0.3) is 0 Å². The molecule has 0 aliphatic rings. The highest BCUT2D eigenvalue weighted by molar-refractivity contribution is 5.58. The van der Waals surface area contributed by atoms with Crippen LogP contribution in [-0.4, -0.2) is 13.1 Å². The second-order valence-electron chi connectivity index (χ2n) is 11.5. The molecule has 2 rings (SSSR count). The minimum atomic E-state index is 0. The molecule has 0 aliphatic heterocycles. The molecule has 216 valence electrons. The molecule has 0 N–H and O–H groups in total. The maximum Gasteiger partial charge on any atom is 0.137 e. The van der Waals surface area contributed by atoms with Crippen molar-refractivity contribution in [3.8, 4) is 0 Å². The van der Waals surface area contributed by atoms with Crippen LogP contribution in [0.2, 0.25) is 0 Å². The average Bonchev–Trinajstić information content (AvgIpc) is 2.95. The third kappa shape index (κ3) is 14.5. The van der Waals surface area contributed by atoms with Gasteiger partial charge in [0.1, 0.15) is 11.4 Å². The van der Waals surface area contributed by atoms with E-state index in [1.165, 1.54) is 153 Å². The fourth-order valence-corrected chi connectivity index (χ4v) is 5.94. The Labute approximate surface area is 254 Å². The van der Waals surface area contributed by atoms with Crippen LogP contribution in [0.5, 0.6) is 0 Å². The van der Waals surface area contributed by atoms with Crippen molar-refractivity contribution in [2.75, 3.05) is 13.1 Å². The summed E-state index contributed by atoms with van der Waals surface area (Å²) in [4.78, 5) is 0. The van der Waals surface area contributed by atoms with Crippen LogP contribution in [0.1, 0.15) is 142 Å². The van der Waals surface area contributed by atoms with Gasteiger partial charge < -0.3 is 24.0 Å². The summed E-state index contributed by atoms with van der Waals surface area (Å²) in [5, 5.41) is 0. The molecule has 0 amide bonds. The van der Waals surface area contributed by atoms with Crippen LogP contribution in [0.4, 0.5) is 11.4 Å². The molecule has 0 saturated carbocycles. The first-order valence-corrected chi connectivity index (χ1v) is 16.3. The van der Waals surface area contributed by atoms with Crippen molar-refractivity contribution >= 4 is 11.4 Å². The first-order chi connectivity index (χ1) is 18.3. The second-order valence-corrected chi connectivity index (χ2v) is 11.5. The number of benzene rings is 2. The number of rotatable bonds is 24. The van der Waals surface area contributed by atoms with E-state index in [4.69, 9.17) is 0 Å². The molecule has 0 radical (unpaired) electrons. The Hall–Kier alpha value is -0.870. The van der Waals surface area contributed by atoms with E-state index in [1.54, 1.807) is 0 Å². The molecule has 0 aromatic heterocycles. The Balaban J connectivity index is 0.00000722. The van der Waals surface area contributed by atoms with Crippen molar-refractivity contribution in [2.45, 2.75) is 142 Å². The largest absolute Gasteiger partial charge is 1.00 e. The van der Waals surface area contributed by atoms with Crippen LogP contribution in [-0.2, 0) is 0 Å². The summed E-state index contributed by atoms with van der Waals surface area (Å²) >= 11 is 0. The number of halogens is 1. The van der Waals surface area contributed by atoms with Crippen LogP contribution >= 0.6 is 0 Å². The van der Waals surface area contributed by atoms with Gasteiger partial charge in [-0.25, -0.2) is 0 Å². The van der Waals surface area contributed by atoms with E-state index in [1.807, 2.05) is 0 Å². The van der Waals surface area contributed by atoms with Crippen molar-refractivity contribution in [3.63, 3.8) is 0 Å². The van der Waals surface area contributed by atoms with Crippen LogP contribution in [0.15, 0.2) is 60.7 Å². The minimum Gasteiger partial charge on any atom is -1.00 e. The van der Waals surface area contributed by atoms with E-state index >= 15 is 0 Å². The monoisotopic (exact) mass is 633 g/mol. The summed E-state index contributed by atoms with van der Waals surface area (Å²) in [6.07, 6.45) is 28.0. The van der Waals surface area contributed by atoms with Crippen molar-refractivity contribution < 1.29 is 24.0 Å². The van der Waals surface area contributed by atoms with Gasteiger partial charge in [-0.05, 0) is 49.9 Å². The van der Waals surface area contributed by atoms with Crippen molar-refractivity contribution in [1.29, 1.82) is 0 Å². The molecule has 38 heavy (non-hydrogen) atoms. The zero-order chi connectivity index (χ0) is 26.3. The predicted octanol–water partition coefficient (Wildman–Crippen LogP) is 9.17. The van der Waals surface area contributed by atoms with Gasteiger partial charge in [0.2, 0.25) is 0 Å². The standard InChI is InChI=1S/C36H60N.HI/c1-3-5-7-9-11-13-15-17-19-27-33-37(35-29-23-21-24-30-35,36-31-25-22-26-32-36)34-28-20-18-16-14-12-10-8-6-4-2;/h21-26,29-32H,3-20,27-28,33-34H2,1-2H3;1H/q+1;/p-1. The number of quaternary nitrogens is 1. The minimum absolute atomic E-state index is 0. The molecule has 0 spiro atoms. The van der Waals surface area contributed by atoms with Gasteiger partial charge in [0.05, 0.1) is 13.1 Å². The lowest BCUT2D eigenvalue weighted by atomic mass is 10.0. The molecule has 0 saturated heterocycles. The summed E-state index contributed by atoms with van der Waals surface area (Å²) in [5.74, 6) is 0. The van der Waals surface area contributed by atoms with Crippen molar-refractivity contribution in [1.82, 2.24) is 4.48 Å². The molecule has 0 bridgehead atoms. The smallest absolute Gasteiger partial charge is 0.137 e. The molecule has 0 atom stereocenters. The van der Waals surface area contributed by atoms with E-state index in [-0.39, 0.29) is 24.0 Å². The molecule has 0 fully saturated rings. The highest BCUT2D eigenvalue weighted by atomic mass is 127. The van der Waals surface area contributed by atoms with Gasteiger partial charge in [-0.1, -0.05) is 153 Å². The van der Waals surface area contributed by atoms with Gasteiger partial charge >= 0.3 is 0 Å². The van der Waals surface area contributed by atoms with E-state index in [0.29, 0.717) is 0 Å². The summed E-state index contributed by atoms with van der Waals surface area (Å²) in [5.41, 5.74) is 2.95. The molecule has 2 aromatic carbocycles. The topological polar surface area (TPSA) is 0 Å².